The van der Waals surface area contributed by atoms with Crippen LogP contribution in [-0.2, 0) is 0 Å². The molecule has 2 aliphatic rings. The molecule has 2 atom stereocenters. The third-order valence-corrected chi connectivity index (χ3v) is 3.66. The van der Waals surface area contributed by atoms with Gasteiger partial charge in [-0.05, 0) is 34.4 Å². The van der Waals surface area contributed by atoms with Gasteiger partial charge in [0.25, 0.3) is 0 Å². The van der Waals surface area contributed by atoms with Gasteiger partial charge in [0.1, 0.15) is 0 Å². The number of hydrazine groups is 1. The Morgan fingerprint density at radius 1 is 1.21 bits per heavy atom. The first kappa shape index (κ1) is 10.4. The normalized spacial score (nSPS) is 34.3. The molecular weight excluding hydrogens is 176 g/mol. The van der Waals surface area contributed by atoms with E-state index in [1.165, 1.54) is 19.5 Å². The van der Waals surface area contributed by atoms with Gasteiger partial charge >= 0.3 is 0 Å². The standard InChI is InChI=1S/C10H22N4/c1-10(2,12-11-3)14-7-8-5-9(14)6-13(8)4/h8-9,11-12H,5-7H2,1-4H3. The maximum atomic E-state index is 3.32. The Labute approximate surface area is 86.6 Å². The van der Waals surface area contributed by atoms with Crippen LogP contribution in [0.4, 0.5) is 0 Å². The van der Waals surface area contributed by atoms with Crippen LogP contribution in [0.1, 0.15) is 20.3 Å². The minimum absolute atomic E-state index is 0.0649. The highest BCUT2D eigenvalue weighted by Crippen LogP contribution is 2.33. The van der Waals surface area contributed by atoms with Crippen LogP contribution in [-0.4, -0.2) is 54.7 Å². The van der Waals surface area contributed by atoms with Gasteiger partial charge in [-0.3, -0.25) is 10.3 Å². The predicted molar refractivity (Wildman–Crippen MR) is 57.8 cm³/mol. The minimum Gasteiger partial charge on any atom is -0.301 e. The Hall–Kier alpha value is -0.160. The second kappa shape index (κ2) is 3.45. The summed E-state index contributed by atoms with van der Waals surface area (Å²) in [6.45, 7) is 6.90. The van der Waals surface area contributed by atoms with Gasteiger partial charge in [-0.25, -0.2) is 5.43 Å². The molecule has 82 valence electrons. The quantitative estimate of drug-likeness (QED) is 0.617. The highest BCUT2D eigenvalue weighted by atomic mass is 15.5. The van der Waals surface area contributed by atoms with Crippen LogP contribution in [0.3, 0.4) is 0 Å². The first-order valence-corrected chi connectivity index (χ1v) is 5.45. The van der Waals surface area contributed by atoms with Crippen LogP contribution < -0.4 is 10.9 Å². The predicted octanol–water partition coefficient (Wildman–Crippen LogP) is -0.165. The fraction of sp³-hybridized carbons (Fsp3) is 1.00. The van der Waals surface area contributed by atoms with E-state index in [0.29, 0.717) is 0 Å². The maximum Gasteiger partial charge on any atom is 0.0788 e. The average molecular weight is 198 g/mol. The van der Waals surface area contributed by atoms with Gasteiger partial charge in [0.15, 0.2) is 0 Å². The van der Waals surface area contributed by atoms with E-state index in [1.807, 2.05) is 7.05 Å². The molecule has 0 radical (unpaired) electrons. The zero-order valence-corrected chi connectivity index (χ0v) is 9.67. The van der Waals surface area contributed by atoms with E-state index in [2.05, 4.69) is 41.5 Å². The molecular formula is C10H22N4. The molecule has 4 nitrogen and oxygen atoms in total. The monoisotopic (exact) mass is 198 g/mol. The SMILES string of the molecule is CNNC(C)(C)N1CC2CC1CN2C. The molecule has 0 aromatic heterocycles. The van der Waals surface area contributed by atoms with E-state index in [-0.39, 0.29) is 5.66 Å². The molecule has 0 aromatic rings. The molecule has 0 aliphatic carbocycles. The summed E-state index contributed by atoms with van der Waals surface area (Å²) >= 11 is 0. The summed E-state index contributed by atoms with van der Waals surface area (Å²) in [5, 5.41) is 0. The van der Waals surface area contributed by atoms with E-state index in [4.69, 9.17) is 0 Å². The summed E-state index contributed by atoms with van der Waals surface area (Å²) in [6.07, 6.45) is 1.34. The molecule has 14 heavy (non-hydrogen) atoms. The van der Waals surface area contributed by atoms with Crippen molar-refractivity contribution in [3.8, 4) is 0 Å². The van der Waals surface area contributed by atoms with Crippen molar-refractivity contribution in [2.24, 2.45) is 0 Å². The fourth-order valence-electron chi connectivity index (χ4n) is 2.93. The van der Waals surface area contributed by atoms with Gasteiger partial charge in [0.2, 0.25) is 0 Å². The van der Waals surface area contributed by atoms with E-state index in [9.17, 15) is 0 Å². The van der Waals surface area contributed by atoms with Crippen molar-refractivity contribution in [3.05, 3.63) is 0 Å². The average Bonchev–Trinajstić information content (AvgIpc) is 2.61. The lowest BCUT2D eigenvalue weighted by Gasteiger charge is -2.43. The third-order valence-electron chi connectivity index (χ3n) is 3.66. The fourth-order valence-corrected chi connectivity index (χ4v) is 2.93. The van der Waals surface area contributed by atoms with Crippen molar-refractivity contribution in [1.29, 1.82) is 0 Å². The van der Waals surface area contributed by atoms with Crippen molar-refractivity contribution in [2.75, 3.05) is 27.2 Å². The van der Waals surface area contributed by atoms with Crippen LogP contribution >= 0.6 is 0 Å². The van der Waals surface area contributed by atoms with Crippen molar-refractivity contribution in [3.63, 3.8) is 0 Å². The third kappa shape index (κ3) is 1.56. The number of likely N-dealkylation sites (N-methyl/N-ethyl adjacent to an activating group) is 1. The maximum absolute atomic E-state index is 3.32. The van der Waals surface area contributed by atoms with E-state index < -0.39 is 0 Å². The second-order valence-electron chi connectivity index (χ2n) is 5.07. The van der Waals surface area contributed by atoms with E-state index >= 15 is 0 Å². The number of nitrogens with zero attached hydrogens (tertiary/aromatic N) is 2. The summed E-state index contributed by atoms with van der Waals surface area (Å²) in [5.74, 6) is 0. The number of likely N-dealkylation sites (tertiary alicyclic amines) is 2. The zero-order valence-electron chi connectivity index (χ0n) is 9.67. The van der Waals surface area contributed by atoms with Crippen molar-refractivity contribution in [2.45, 2.75) is 38.0 Å². The topological polar surface area (TPSA) is 30.5 Å². The largest absolute Gasteiger partial charge is 0.301 e. The van der Waals surface area contributed by atoms with Gasteiger partial charge < -0.3 is 4.90 Å². The van der Waals surface area contributed by atoms with Gasteiger partial charge in [-0.15, -0.1) is 0 Å². The first-order valence-electron chi connectivity index (χ1n) is 5.45. The molecule has 2 rings (SSSR count). The van der Waals surface area contributed by atoms with Gasteiger partial charge in [-0.1, -0.05) is 0 Å². The molecule has 0 amide bonds. The Balaban J connectivity index is 2.01. The molecule has 2 saturated heterocycles. The lowest BCUT2D eigenvalue weighted by molar-refractivity contribution is 0.0260. The van der Waals surface area contributed by atoms with Crippen LogP contribution in [0, 0.1) is 0 Å². The Morgan fingerprint density at radius 3 is 2.36 bits per heavy atom. The molecule has 0 spiro atoms. The molecule has 0 aromatic carbocycles. The molecule has 2 aliphatic heterocycles. The van der Waals surface area contributed by atoms with Crippen LogP contribution in [0.25, 0.3) is 0 Å². The van der Waals surface area contributed by atoms with Gasteiger partial charge in [-0.2, -0.15) is 0 Å². The summed E-state index contributed by atoms with van der Waals surface area (Å²) in [5.41, 5.74) is 6.44. The first-order chi connectivity index (χ1) is 6.54. The van der Waals surface area contributed by atoms with Crippen molar-refractivity contribution in [1.82, 2.24) is 20.7 Å². The minimum atomic E-state index is 0.0649. The number of piperazine rings is 1. The Morgan fingerprint density at radius 2 is 1.93 bits per heavy atom. The second-order valence-corrected chi connectivity index (χ2v) is 5.07. The van der Waals surface area contributed by atoms with Crippen molar-refractivity contribution < 1.29 is 0 Å². The molecule has 2 fully saturated rings. The summed E-state index contributed by atoms with van der Waals surface area (Å²) in [7, 11) is 4.17. The van der Waals surface area contributed by atoms with Gasteiger partial charge in [0.05, 0.1) is 5.66 Å². The van der Waals surface area contributed by atoms with E-state index in [0.717, 1.165) is 12.1 Å². The Bertz CT molecular complexity index is 214. The highest BCUT2D eigenvalue weighted by Gasteiger charge is 2.46. The zero-order chi connectivity index (χ0) is 10.3. The van der Waals surface area contributed by atoms with Crippen molar-refractivity contribution >= 4 is 0 Å². The molecule has 2 heterocycles. The number of rotatable bonds is 3. The molecule has 0 saturated carbocycles. The highest BCUT2D eigenvalue weighted by molar-refractivity contribution is 5.02. The van der Waals surface area contributed by atoms with Gasteiger partial charge in [0, 0.05) is 25.2 Å². The lowest BCUT2D eigenvalue weighted by Crippen LogP contribution is -2.63. The number of hydrogen-bond acceptors (Lipinski definition) is 4. The summed E-state index contributed by atoms with van der Waals surface area (Å²) < 4.78 is 0. The van der Waals surface area contributed by atoms with Crippen LogP contribution in [0.2, 0.25) is 0 Å². The number of nitrogens with one attached hydrogen (secondary N) is 2. The molecule has 2 bridgehead atoms. The summed E-state index contributed by atoms with van der Waals surface area (Å²) in [6, 6.07) is 1.51. The summed E-state index contributed by atoms with van der Waals surface area (Å²) in [4.78, 5) is 5.06. The van der Waals surface area contributed by atoms with E-state index in [1.54, 1.807) is 0 Å². The number of hydrogen-bond donors (Lipinski definition) is 2. The van der Waals surface area contributed by atoms with Crippen LogP contribution in [0.15, 0.2) is 0 Å². The number of fused-ring (bicyclic) bond motifs is 2. The molecule has 4 heteroatoms. The van der Waals surface area contributed by atoms with Crippen LogP contribution in [0.5, 0.6) is 0 Å². The smallest absolute Gasteiger partial charge is 0.0788 e. The Kier molecular flexibility index (Phi) is 2.55. The molecule has 2 unspecified atom stereocenters. The lowest BCUT2D eigenvalue weighted by atomic mass is 10.1. The molecule has 2 N–H and O–H groups in total.